The summed E-state index contributed by atoms with van der Waals surface area (Å²) < 4.78 is 6.40. The number of carbonyl (C=O) groups excluding carboxylic acids is 1. The average Bonchev–Trinajstić information content (AvgIpc) is 3.52. The molecule has 3 aliphatic heterocycles. The Balaban J connectivity index is 1.30. The number of aromatic hydroxyl groups is 1. The monoisotopic (exact) mass is 599 g/mol. The van der Waals surface area contributed by atoms with Crippen LogP contribution in [0.2, 0.25) is 0 Å². The number of phenols is 1. The van der Waals surface area contributed by atoms with Gasteiger partial charge in [0.05, 0.1) is 24.2 Å². The number of fused-ring (bicyclic) bond motifs is 2. The Morgan fingerprint density at radius 1 is 1.16 bits per heavy atom. The zero-order valence-corrected chi connectivity index (χ0v) is 26.1. The minimum absolute atomic E-state index is 0.138. The number of rotatable bonds is 8. The van der Waals surface area contributed by atoms with E-state index in [1.807, 2.05) is 6.07 Å². The highest BCUT2D eigenvalue weighted by Crippen LogP contribution is 2.38. The number of carbonyl (C=O) groups is 1. The second-order valence-electron chi connectivity index (χ2n) is 12.9. The standard InChI is InChI=1S/C34H45N7O3/c1-4-32(43)41-18-17-38(21-26(41)13-14-35)33-29-12-10-25(40-16-5-7-24-9-11-28(42)20-31(24)40)19-30(29)36-34(37-33)44-22-27-8-6-15-39(27)23(2)3/h4,9,11,20,23,25-27,42H,1,5-8,10,12-13,15-19,21-22H2,2-3H3/t25-,26+,27+/m1/s1. The van der Waals surface area contributed by atoms with Crippen LogP contribution >= 0.6 is 0 Å². The number of nitrogens with zero attached hydrogens (tertiary/aromatic N) is 7. The number of anilines is 2. The van der Waals surface area contributed by atoms with Crippen molar-refractivity contribution in [3.8, 4) is 17.8 Å². The van der Waals surface area contributed by atoms with Gasteiger partial charge in [-0.05, 0) is 76.6 Å². The molecule has 0 radical (unpaired) electrons. The van der Waals surface area contributed by atoms with Crippen LogP contribution in [0.3, 0.4) is 0 Å². The van der Waals surface area contributed by atoms with Crippen LogP contribution in [0.25, 0.3) is 0 Å². The number of aryl methyl sites for hydroxylation is 1. The van der Waals surface area contributed by atoms with E-state index in [0.717, 1.165) is 74.4 Å². The first-order valence-electron chi connectivity index (χ1n) is 16.3. The highest BCUT2D eigenvalue weighted by atomic mass is 16.5. The second kappa shape index (κ2) is 13.0. The van der Waals surface area contributed by atoms with Crippen LogP contribution in [-0.2, 0) is 24.1 Å². The van der Waals surface area contributed by atoms with E-state index in [9.17, 15) is 15.2 Å². The Bertz CT molecular complexity index is 1420. The topological polar surface area (TPSA) is 109 Å². The molecule has 10 heteroatoms. The van der Waals surface area contributed by atoms with Gasteiger partial charge in [0.1, 0.15) is 18.2 Å². The summed E-state index contributed by atoms with van der Waals surface area (Å²) in [7, 11) is 0. The van der Waals surface area contributed by atoms with E-state index in [-0.39, 0.29) is 24.4 Å². The van der Waals surface area contributed by atoms with E-state index in [0.29, 0.717) is 50.1 Å². The summed E-state index contributed by atoms with van der Waals surface area (Å²) in [5.41, 5.74) is 4.58. The van der Waals surface area contributed by atoms with Crippen molar-refractivity contribution in [2.45, 2.75) is 89.4 Å². The van der Waals surface area contributed by atoms with Crippen LogP contribution in [0.4, 0.5) is 11.5 Å². The number of piperazine rings is 1. The van der Waals surface area contributed by atoms with Gasteiger partial charge in [-0.2, -0.15) is 15.2 Å². The molecule has 1 aliphatic carbocycles. The predicted octanol–water partition coefficient (Wildman–Crippen LogP) is 3.86. The fourth-order valence-electron chi connectivity index (χ4n) is 7.74. The summed E-state index contributed by atoms with van der Waals surface area (Å²) in [6, 6.07) is 9.26. The molecule has 1 amide bonds. The molecule has 4 aliphatic rings. The van der Waals surface area contributed by atoms with E-state index in [1.165, 1.54) is 18.1 Å². The minimum Gasteiger partial charge on any atom is -0.508 e. The van der Waals surface area contributed by atoms with Gasteiger partial charge in [0.2, 0.25) is 5.91 Å². The highest BCUT2D eigenvalue weighted by molar-refractivity contribution is 5.87. The van der Waals surface area contributed by atoms with E-state index in [2.05, 4.69) is 47.3 Å². The number of aromatic nitrogens is 2. The molecule has 0 bridgehead atoms. The van der Waals surface area contributed by atoms with Gasteiger partial charge in [-0.3, -0.25) is 9.69 Å². The lowest BCUT2D eigenvalue weighted by molar-refractivity contribution is -0.128. The van der Waals surface area contributed by atoms with Gasteiger partial charge in [-0.15, -0.1) is 0 Å². The van der Waals surface area contributed by atoms with Crippen LogP contribution in [0, 0.1) is 11.3 Å². The minimum atomic E-state index is -0.235. The molecule has 1 aromatic carbocycles. The third-order valence-corrected chi connectivity index (χ3v) is 9.93. The Labute approximate surface area is 260 Å². The molecular formula is C34H45N7O3. The second-order valence-corrected chi connectivity index (χ2v) is 12.9. The third-order valence-electron chi connectivity index (χ3n) is 9.93. The van der Waals surface area contributed by atoms with Crippen LogP contribution in [-0.4, -0.2) is 94.3 Å². The molecular weight excluding hydrogens is 554 g/mol. The average molecular weight is 600 g/mol. The lowest BCUT2D eigenvalue weighted by atomic mass is 9.88. The van der Waals surface area contributed by atoms with Crippen molar-refractivity contribution in [1.82, 2.24) is 19.8 Å². The third kappa shape index (κ3) is 6.07. The number of ether oxygens (including phenoxy) is 1. The number of hydrogen-bond donors (Lipinski definition) is 1. The Kier molecular flexibility index (Phi) is 8.94. The normalized spacial score (nSPS) is 23.7. The first-order valence-corrected chi connectivity index (χ1v) is 16.3. The van der Waals surface area contributed by atoms with Gasteiger partial charge >= 0.3 is 6.01 Å². The number of benzene rings is 1. The molecule has 0 unspecified atom stereocenters. The van der Waals surface area contributed by atoms with E-state index in [1.54, 1.807) is 11.0 Å². The molecule has 10 nitrogen and oxygen atoms in total. The van der Waals surface area contributed by atoms with Crippen molar-refractivity contribution in [1.29, 1.82) is 5.26 Å². The van der Waals surface area contributed by atoms with Crippen LogP contribution in [0.1, 0.15) is 62.8 Å². The quantitative estimate of drug-likeness (QED) is 0.453. The maximum absolute atomic E-state index is 12.6. The summed E-state index contributed by atoms with van der Waals surface area (Å²) in [6.45, 7) is 12.4. The fourth-order valence-corrected chi connectivity index (χ4v) is 7.74. The van der Waals surface area contributed by atoms with Crippen LogP contribution in [0.5, 0.6) is 11.8 Å². The number of amides is 1. The van der Waals surface area contributed by atoms with Crippen LogP contribution < -0.4 is 14.5 Å². The van der Waals surface area contributed by atoms with Crippen molar-refractivity contribution in [3.05, 3.63) is 47.7 Å². The lowest BCUT2D eigenvalue weighted by Gasteiger charge is -2.43. The number of nitriles is 1. The van der Waals surface area contributed by atoms with E-state index >= 15 is 0 Å². The first kappa shape index (κ1) is 30.2. The molecule has 0 saturated carbocycles. The molecule has 234 valence electrons. The molecule has 0 spiro atoms. The summed E-state index contributed by atoms with van der Waals surface area (Å²) in [5, 5.41) is 19.8. The summed E-state index contributed by atoms with van der Waals surface area (Å²) in [5.74, 6) is 1.04. The molecule has 44 heavy (non-hydrogen) atoms. The molecule has 1 aromatic heterocycles. The summed E-state index contributed by atoms with van der Waals surface area (Å²) >= 11 is 0. The van der Waals surface area contributed by atoms with Gasteiger partial charge in [0.25, 0.3) is 0 Å². The largest absolute Gasteiger partial charge is 0.508 e. The van der Waals surface area contributed by atoms with Crippen LogP contribution in [0.15, 0.2) is 30.9 Å². The van der Waals surface area contributed by atoms with Crippen molar-refractivity contribution in [2.24, 2.45) is 0 Å². The zero-order valence-electron chi connectivity index (χ0n) is 26.1. The van der Waals surface area contributed by atoms with Crippen molar-refractivity contribution in [3.63, 3.8) is 0 Å². The first-order chi connectivity index (χ1) is 21.4. The van der Waals surface area contributed by atoms with E-state index in [4.69, 9.17) is 14.7 Å². The Hall–Kier alpha value is -3.84. The molecule has 2 fully saturated rings. The predicted molar refractivity (Wildman–Crippen MR) is 170 cm³/mol. The van der Waals surface area contributed by atoms with Crippen molar-refractivity contribution >= 4 is 17.4 Å². The maximum Gasteiger partial charge on any atom is 0.318 e. The van der Waals surface area contributed by atoms with Gasteiger partial charge in [-0.1, -0.05) is 12.6 Å². The number of phenolic OH excluding ortho intramolecular Hbond substituents is 1. The number of hydrogen-bond acceptors (Lipinski definition) is 9. The molecule has 1 N–H and O–H groups in total. The maximum atomic E-state index is 12.6. The summed E-state index contributed by atoms with van der Waals surface area (Å²) in [4.78, 5) is 31.6. The van der Waals surface area contributed by atoms with Gasteiger partial charge in [0, 0.05) is 68.0 Å². The van der Waals surface area contributed by atoms with Gasteiger partial charge < -0.3 is 24.5 Å². The van der Waals surface area contributed by atoms with Crippen molar-refractivity contribution < 1.29 is 14.6 Å². The SMILES string of the molecule is C=CC(=O)N1CCN(c2nc(OC[C@@H]3CCCN3C(C)C)nc3c2CC[C@@H](N2CCCc4ccc(O)cc42)C3)C[C@@H]1CC#N. The lowest BCUT2D eigenvalue weighted by Crippen LogP contribution is -2.55. The van der Waals surface area contributed by atoms with Gasteiger partial charge in [-0.25, -0.2) is 0 Å². The molecule has 3 atom stereocenters. The Morgan fingerprint density at radius 2 is 2.02 bits per heavy atom. The Morgan fingerprint density at radius 3 is 2.82 bits per heavy atom. The highest BCUT2D eigenvalue weighted by Gasteiger charge is 2.36. The molecule has 6 rings (SSSR count). The van der Waals surface area contributed by atoms with Gasteiger partial charge in [0.15, 0.2) is 0 Å². The van der Waals surface area contributed by atoms with E-state index < -0.39 is 0 Å². The fraction of sp³-hybridized carbons (Fsp3) is 0.588. The van der Waals surface area contributed by atoms with Crippen molar-refractivity contribution in [2.75, 3.05) is 49.1 Å². The number of likely N-dealkylation sites (tertiary alicyclic amines) is 1. The summed E-state index contributed by atoms with van der Waals surface area (Å²) in [6.07, 6.45) is 8.54. The smallest absolute Gasteiger partial charge is 0.318 e. The zero-order chi connectivity index (χ0) is 30.8. The molecule has 2 aromatic rings. The molecule has 2 saturated heterocycles. The molecule has 4 heterocycles.